The van der Waals surface area contributed by atoms with Gasteiger partial charge in [-0.2, -0.15) is 0 Å². The molecule has 2 rings (SSSR count). The first-order valence-corrected chi connectivity index (χ1v) is 5.69. The second kappa shape index (κ2) is 4.70. The molecule has 0 saturated carbocycles. The Labute approximate surface area is 96.6 Å². The van der Waals surface area contributed by atoms with Gasteiger partial charge in [-0.1, -0.05) is 0 Å². The van der Waals surface area contributed by atoms with Gasteiger partial charge in [-0.15, -0.1) is 0 Å². The molecule has 0 radical (unpaired) electrons. The van der Waals surface area contributed by atoms with Crippen LogP contribution in [0.5, 0.6) is 5.75 Å². The van der Waals surface area contributed by atoms with Crippen LogP contribution in [0.25, 0.3) is 0 Å². The molecule has 1 aliphatic heterocycles. The zero-order valence-corrected chi connectivity index (χ0v) is 10.2. The summed E-state index contributed by atoms with van der Waals surface area (Å²) in [6.45, 7) is 7.26. The molecule has 0 amide bonds. The molecular formula is C12H19N3O. The van der Waals surface area contributed by atoms with Gasteiger partial charge in [0.05, 0.1) is 19.0 Å². The number of methoxy groups -OCH3 is 1. The predicted octanol–water partition coefficient (Wildman–Crippen LogP) is 1.20. The van der Waals surface area contributed by atoms with Gasteiger partial charge in [0.2, 0.25) is 0 Å². The first kappa shape index (κ1) is 11.2. The molecule has 4 nitrogen and oxygen atoms in total. The Kier molecular flexibility index (Phi) is 3.29. The number of hydrogen-bond acceptors (Lipinski definition) is 4. The highest BCUT2D eigenvalue weighted by molar-refractivity contribution is 5.58. The van der Waals surface area contributed by atoms with Crippen LogP contribution < -0.4 is 15.0 Å². The van der Waals surface area contributed by atoms with Crippen molar-refractivity contribution in [2.75, 3.05) is 31.6 Å². The summed E-state index contributed by atoms with van der Waals surface area (Å²) in [5.74, 6) is 0.861. The lowest BCUT2D eigenvalue weighted by Crippen LogP contribution is -2.49. The molecule has 4 heteroatoms. The molecule has 1 aromatic heterocycles. The monoisotopic (exact) mass is 221 g/mol. The number of nitrogens with one attached hydrogen (secondary N) is 1. The fraction of sp³-hybridized carbons (Fsp3) is 0.583. The lowest BCUT2D eigenvalue weighted by Gasteiger charge is -2.34. The van der Waals surface area contributed by atoms with E-state index in [4.69, 9.17) is 4.74 Å². The van der Waals surface area contributed by atoms with Crippen molar-refractivity contribution < 1.29 is 4.74 Å². The Balaban J connectivity index is 2.26. The molecule has 0 aliphatic carbocycles. The second-order valence-corrected chi connectivity index (χ2v) is 4.30. The van der Waals surface area contributed by atoms with Crippen molar-refractivity contribution in [3.05, 3.63) is 18.0 Å². The van der Waals surface area contributed by atoms with Crippen molar-refractivity contribution >= 4 is 5.69 Å². The molecule has 1 N–H and O–H groups in total. The molecule has 88 valence electrons. The van der Waals surface area contributed by atoms with Gasteiger partial charge in [-0.05, 0) is 19.9 Å². The predicted molar refractivity (Wildman–Crippen MR) is 65.2 cm³/mol. The van der Waals surface area contributed by atoms with Crippen molar-refractivity contribution in [1.82, 2.24) is 10.3 Å². The molecular weight excluding hydrogens is 202 g/mol. The van der Waals surface area contributed by atoms with Gasteiger partial charge in [0.15, 0.2) is 5.75 Å². The number of aromatic nitrogens is 1. The van der Waals surface area contributed by atoms with E-state index >= 15 is 0 Å². The van der Waals surface area contributed by atoms with Crippen LogP contribution in [0.15, 0.2) is 12.3 Å². The van der Waals surface area contributed by atoms with Crippen LogP contribution in [0.3, 0.4) is 0 Å². The highest BCUT2D eigenvalue weighted by Gasteiger charge is 2.19. The van der Waals surface area contributed by atoms with Crippen LogP contribution in [-0.4, -0.2) is 37.8 Å². The van der Waals surface area contributed by atoms with E-state index in [1.165, 1.54) is 0 Å². The number of piperazine rings is 1. The quantitative estimate of drug-likeness (QED) is 0.814. The smallest absolute Gasteiger partial charge is 0.160 e. The third kappa shape index (κ3) is 2.27. The molecule has 1 unspecified atom stereocenters. The van der Waals surface area contributed by atoms with Gasteiger partial charge >= 0.3 is 0 Å². The maximum absolute atomic E-state index is 5.36. The standard InChI is InChI=1S/C12H19N3O/c1-9-6-11(12(16-3)7-14-9)15-5-4-13-10(2)8-15/h6-7,10,13H,4-5,8H2,1-3H3. The van der Waals surface area contributed by atoms with E-state index in [0.717, 1.165) is 36.8 Å². The zero-order valence-electron chi connectivity index (χ0n) is 10.2. The summed E-state index contributed by atoms with van der Waals surface area (Å²) in [5.41, 5.74) is 2.19. The first-order chi connectivity index (χ1) is 7.70. The molecule has 1 aliphatic rings. The molecule has 0 spiro atoms. The van der Waals surface area contributed by atoms with Crippen LogP contribution >= 0.6 is 0 Å². The van der Waals surface area contributed by atoms with Crippen molar-refractivity contribution in [2.45, 2.75) is 19.9 Å². The van der Waals surface area contributed by atoms with E-state index in [9.17, 15) is 0 Å². The Hall–Kier alpha value is -1.29. The topological polar surface area (TPSA) is 37.4 Å². The molecule has 16 heavy (non-hydrogen) atoms. The van der Waals surface area contributed by atoms with Crippen LogP contribution in [0.1, 0.15) is 12.6 Å². The minimum absolute atomic E-state index is 0.520. The molecule has 1 saturated heterocycles. The number of anilines is 1. The minimum Gasteiger partial charge on any atom is -0.493 e. The average molecular weight is 221 g/mol. The van der Waals surface area contributed by atoms with Gasteiger partial charge in [0.25, 0.3) is 0 Å². The maximum Gasteiger partial charge on any atom is 0.160 e. The van der Waals surface area contributed by atoms with Gasteiger partial charge in [-0.3, -0.25) is 4.98 Å². The maximum atomic E-state index is 5.36. The lowest BCUT2D eigenvalue weighted by molar-refractivity contribution is 0.408. The third-order valence-corrected chi connectivity index (χ3v) is 2.91. The average Bonchev–Trinajstić information content (AvgIpc) is 2.29. The Bertz CT molecular complexity index is 367. The SMILES string of the molecule is COc1cnc(C)cc1N1CCNC(C)C1. The highest BCUT2D eigenvalue weighted by Crippen LogP contribution is 2.28. The number of ether oxygens (including phenoxy) is 1. The van der Waals surface area contributed by atoms with Gasteiger partial charge in [0.1, 0.15) is 0 Å². The van der Waals surface area contributed by atoms with Crippen molar-refractivity contribution in [2.24, 2.45) is 0 Å². The highest BCUT2D eigenvalue weighted by atomic mass is 16.5. The fourth-order valence-electron chi connectivity index (χ4n) is 2.09. The number of rotatable bonds is 2. The molecule has 0 aromatic carbocycles. The van der Waals surface area contributed by atoms with E-state index in [1.54, 1.807) is 13.3 Å². The summed E-state index contributed by atoms with van der Waals surface area (Å²) in [7, 11) is 1.70. The van der Waals surface area contributed by atoms with Crippen LogP contribution in [0, 0.1) is 6.92 Å². The molecule has 0 bridgehead atoms. The molecule has 1 atom stereocenters. The van der Waals surface area contributed by atoms with Crippen molar-refractivity contribution in [1.29, 1.82) is 0 Å². The lowest BCUT2D eigenvalue weighted by atomic mass is 10.2. The normalized spacial score (nSPS) is 20.9. The summed E-state index contributed by atoms with van der Waals surface area (Å²) in [6.07, 6.45) is 1.80. The molecule has 1 fully saturated rings. The zero-order chi connectivity index (χ0) is 11.5. The Morgan fingerprint density at radius 1 is 1.56 bits per heavy atom. The van der Waals surface area contributed by atoms with E-state index < -0.39 is 0 Å². The minimum atomic E-state index is 0.520. The van der Waals surface area contributed by atoms with Gasteiger partial charge < -0.3 is 15.0 Å². The summed E-state index contributed by atoms with van der Waals surface area (Å²) in [6, 6.07) is 2.61. The van der Waals surface area contributed by atoms with E-state index in [1.807, 2.05) is 6.92 Å². The van der Waals surface area contributed by atoms with E-state index in [0.29, 0.717) is 6.04 Å². The molecule has 1 aromatic rings. The largest absolute Gasteiger partial charge is 0.493 e. The number of aryl methyl sites for hydroxylation is 1. The Morgan fingerprint density at radius 2 is 2.38 bits per heavy atom. The van der Waals surface area contributed by atoms with E-state index in [2.05, 4.69) is 28.2 Å². The first-order valence-electron chi connectivity index (χ1n) is 5.69. The Morgan fingerprint density at radius 3 is 3.06 bits per heavy atom. The number of nitrogens with zero attached hydrogens (tertiary/aromatic N) is 2. The fourth-order valence-corrected chi connectivity index (χ4v) is 2.09. The number of pyridine rings is 1. The molecule has 2 heterocycles. The van der Waals surface area contributed by atoms with Crippen molar-refractivity contribution in [3.63, 3.8) is 0 Å². The number of hydrogen-bond donors (Lipinski definition) is 1. The van der Waals surface area contributed by atoms with Crippen molar-refractivity contribution in [3.8, 4) is 5.75 Å². The summed E-state index contributed by atoms with van der Waals surface area (Å²) >= 11 is 0. The summed E-state index contributed by atoms with van der Waals surface area (Å²) in [5, 5.41) is 3.44. The summed E-state index contributed by atoms with van der Waals surface area (Å²) < 4.78 is 5.36. The van der Waals surface area contributed by atoms with Gasteiger partial charge in [0, 0.05) is 31.4 Å². The van der Waals surface area contributed by atoms with Crippen LogP contribution in [0.2, 0.25) is 0 Å². The third-order valence-electron chi connectivity index (χ3n) is 2.91. The van der Waals surface area contributed by atoms with E-state index in [-0.39, 0.29) is 0 Å². The summed E-state index contributed by atoms with van der Waals surface area (Å²) in [4.78, 5) is 6.61. The van der Waals surface area contributed by atoms with Crippen LogP contribution in [-0.2, 0) is 0 Å². The second-order valence-electron chi connectivity index (χ2n) is 4.30. The van der Waals surface area contributed by atoms with Crippen LogP contribution in [0.4, 0.5) is 5.69 Å². The van der Waals surface area contributed by atoms with Gasteiger partial charge in [-0.25, -0.2) is 0 Å².